The second kappa shape index (κ2) is 3.88. The van der Waals surface area contributed by atoms with Gasteiger partial charge in [-0.15, -0.1) is 0 Å². The van der Waals surface area contributed by atoms with Gasteiger partial charge in [-0.05, 0) is 55.3 Å². The van der Waals surface area contributed by atoms with Gasteiger partial charge in [-0.1, -0.05) is 6.07 Å². The average molecular weight is 237 g/mol. The number of nitrogens with two attached hydrogens (primary N) is 1. The summed E-state index contributed by atoms with van der Waals surface area (Å²) < 4.78 is 0. The van der Waals surface area contributed by atoms with Gasteiger partial charge in [0.2, 0.25) is 0 Å². The molecule has 0 aliphatic heterocycles. The Kier molecular flexibility index (Phi) is 2.33. The van der Waals surface area contributed by atoms with Crippen molar-refractivity contribution in [2.75, 3.05) is 5.73 Å². The van der Waals surface area contributed by atoms with Crippen LogP contribution in [-0.4, -0.2) is 9.97 Å². The van der Waals surface area contributed by atoms with Crippen molar-refractivity contribution >= 4 is 16.7 Å². The lowest BCUT2D eigenvalue weighted by Crippen LogP contribution is -1.90. The number of hydrogen-bond acceptors (Lipinski definition) is 2. The fourth-order valence-electron chi connectivity index (χ4n) is 2.08. The summed E-state index contributed by atoms with van der Waals surface area (Å²) in [6.45, 7) is 4.08. The maximum absolute atomic E-state index is 5.83. The Morgan fingerprint density at radius 1 is 1.06 bits per heavy atom. The molecule has 0 spiro atoms. The highest BCUT2D eigenvalue weighted by Crippen LogP contribution is 2.24. The van der Waals surface area contributed by atoms with E-state index in [9.17, 15) is 0 Å². The number of benzene rings is 2. The van der Waals surface area contributed by atoms with Crippen LogP contribution in [0.25, 0.3) is 22.4 Å². The fourth-order valence-corrected chi connectivity index (χ4v) is 2.08. The third-order valence-corrected chi connectivity index (χ3v) is 3.18. The van der Waals surface area contributed by atoms with Gasteiger partial charge < -0.3 is 10.7 Å². The average Bonchev–Trinajstić information content (AvgIpc) is 2.75. The van der Waals surface area contributed by atoms with Crippen LogP contribution in [0, 0.1) is 13.8 Å². The molecule has 0 bridgehead atoms. The topological polar surface area (TPSA) is 54.7 Å². The number of fused-ring (bicyclic) bond motifs is 1. The van der Waals surface area contributed by atoms with Gasteiger partial charge in [0, 0.05) is 11.3 Å². The molecule has 18 heavy (non-hydrogen) atoms. The number of hydrogen-bond donors (Lipinski definition) is 2. The zero-order valence-electron chi connectivity index (χ0n) is 10.5. The highest BCUT2D eigenvalue weighted by molar-refractivity contribution is 5.80. The normalized spacial score (nSPS) is 11.0. The van der Waals surface area contributed by atoms with Crippen LogP contribution in [0.3, 0.4) is 0 Å². The number of aromatic amines is 1. The molecule has 0 aliphatic carbocycles. The van der Waals surface area contributed by atoms with Crippen molar-refractivity contribution in [3.8, 4) is 11.4 Å². The van der Waals surface area contributed by atoms with Crippen molar-refractivity contribution in [1.82, 2.24) is 9.97 Å². The van der Waals surface area contributed by atoms with E-state index in [1.807, 2.05) is 25.1 Å². The summed E-state index contributed by atoms with van der Waals surface area (Å²) in [6.07, 6.45) is 0. The predicted molar refractivity (Wildman–Crippen MR) is 75.4 cm³/mol. The van der Waals surface area contributed by atoms with Crippen LogP contribution in [0.5, 0.6) is 0 Å². The largest absolute Gasteiger partial charge is 0.399 e. The number of H-pyrrole nitrogens is 1. The zero-order valence-corrected chi connectivity index (χ0v) is 10.5. The molecule has 2 aromatic carbocycles. The fraction of sp³-hybridized carbons (Fsp3) is 0.133. The summed E-state index contributed by atoms with van der Waals surface area (Å²) in [5.74, 6) is 0.888. The van der Waals surface area contributed by atoms with Gasteiger partial charge in [0.1, 0.15) is 5.82 Å². The molecule has 1 aromatic heterocycles. The summed E-state index contributed by atoms with van der Waals surface area (Å²) in [5, 5.41) is 0. The van der Waals surface area contributed by atoms with E-state index in [4.69, 9.17) is 5.73 Å². The van der Waals surface area contributed by atoms with Crippen molar-refractivity contribution in [2.45, 2.75) is 13.8 Å². The monoisotopic (exact) mass is 237 g/mol. The van der Waals surface area contributed by atoms with Gasteiger partial charge in [-0.3, -0.25) is 0 Å². The van der Waals surface area contributed by atoms with E-state index in [-0.39, 0.29) is 0 Å². The molecule has 0 saturated carbocycles. The standard InChI is InChI=1S/C15H15N3/c1-9-3-6-13-14(7-9)18-15(17-13)11-4-5-12(16)10(2)8-11/h3-8H,16H2,1-2H3,(H,17,18). The van der Waals surface area contributed by atoms with Gasteiger partial charge in [0.25, 0.3) is 0 Å². The molecule has 3 rings (SSSR count). The Bertz CT molecular complexity index is 726. The van der Waals surface area contributed by atoms with Crippen molar-refractivity contribution in [2.24, 2.45) is 0 Å². The Morgan fingerprint density at radius 3 is 2.67 bits per heavy atom. The van der Waals surface area contributed by atoms with Crippen molar-refractivity contribution in [3.63, 3.8) is 0 Å². The van der Waals surface area contributed by atoms with Gasteiger partial charge in [-0.25, -0.2) is 4.98 Å². The number of nitrogen functional groups attached to an aromatic ring is 1. The van der Waals surface area contributed by atoms with Crippen LogP contribution in [0.1, 0.15) is 11.1 Å². The molecule has 0 aliphatic rings. The number of aryl methyl sites for hydroxylation is 2. The van der Waals surface area contributed by atoms with Gasteiger partial charge >= 0.3 is 0 Å². The minimum absolute atomic E-state index is 0.811. The second-order valence-electron chi connectivity index (χ2n) is 4.68. The SMILES string of the molecule is Cc1ccc2nc(-c3ccc(N)c(C)c3)[nH]c2c1. The first kappa shape index (κ1) is 10.8. The second-order valence-corrected chi connectivity index (χ2v) is 4.68. The first-order valence-electron chi connectivity index (χ1n) is 5.96. The molecule has 0 atom stereocenters. The Hall–Kier alpha value is -2.29. The molecule has 90 valence electrons. The smallest absolute Gasteiger partial charge is 0.138 e. The van der Waals surface area contributed by atoms with Gasteiger partial charge in [0.15, 0.2) is 0 Å². The molecule has 3 nitrogen and oxygen atoms in total. The first-order chi connectivity index (χ1) is 8.63. The number of imidazole rings is 1. The minimum Gasteiger partial charge on any atom is -0.399 e. The highest BCUT2D eigenvalue weighted by Gasteiger charge is 2.06. The summed E-state index contributed by atoms with van der Waals surface area (Å²) in [4.78, 5) is 7.95. The minimum atomic E-state index is 0.811. The van der Waals surface area contributed by atoms with Crippen LogP contribution in [0.4, 0.5) is 5.69 Å². The van der Waals surface area contributed by atoms with Crippen LogP contribution in [0.2, 0.25) is 0 Å². The number of anilines is 1. The van der Waals surface area contributed by atoms with E-state index in [1.165, 1.54) is 5.56 Å². The third-order valence-electron chi connectivity index (χ3n) is 3.18. The van der Waals surface area contributed by atoms with Crippen LogP contribution < -0.4 is 5.73 Å². The Morgan fingerprint density at radius 2 is 1.89 bits per heavy atom. The molecule has 3 heteroatoms. The molecule has 0 unspecified atom stereocenters. The molecular weight excluding hydrogens is 222 g/mol. The number of aromatic nitrogens is 2. The van der Waals surface area contributed by atoms with E-state index in [2.05, 4.69) is 35.1 Å². The van der Waals surface area contributed by atoms with Crippen LogP contribution >= 0.6 is 0 Å². The Labute approximate surface area is 106 Å². The molecule has 3 aromatic rings. The Balaban J connectivity index is 2.16. The van der Waals surface area contributed by atoms with E-state index < -0.39 is 0 Å². The number of rotatable bonds is 1. The third kappa shape index (κ3) is 1.74. The lowest BCUT2D eigenvalue weighted by Gasteiger charge is -2.01. The molecule has 0 saturated heterocycles. The number of nitrogens with one attached hydrogen (secondary N) is 1. The molecule has 3 N–H and O–H groups in total. The summed E-state index contributed by atoms with van der Waals surface area (Å²) in [7, 11) is 0. The van der Waals surface area contributed by atoms with Gasteiger partial charge in [-0.2, -0.15) is 0 Å². The van der Waals surface area contributed by atoms with Crippen molar-refractivity contribution in [3.05, 3.63) is 47.5 Å². The first-order valence-corrected chi connectivity index (χ1v) is 5.96. The van der Waals surface area contributed by atoms with E-state index in [1.54, 1.807) is 0 Å². The molecular formula is C15H15N3. The van der Waals surface area contributed by atoms with E-state index in [0.717, 1.165) is 33.7 Å². The van der Waals surface area contributed by atoms with Crippen LogP contribution in [0.15, 0.2) is 36.4 Å². The molecule has 0 radical (unpaired) electrons. The summed E-state index contributed by atoms with van der Waals surface area (Å²) in [6, 6.07) is 12.2. The highest BCUT2D eigenvalue weighted by atomic mass is 14.9. The van der Waals surface area contributed by atoms with E-state index >= 15 is 0 Å². The van der Waals surface area contributed by atoms with Crippen molar-refractivity contribution in [1.29, 1.82) is 0 Å². The lowest BCUT2D eigenvalue weighted by atomic mass is 10.1. The van der Waals surface area contributed by atoms with Crippen molar-refractivity contribution < 1.29 is 0 Å². The quantitative estimate of drug-likeness (QED) is 0.637. The number of nitrogens with zero attached hydrogens (tertiary/aromatic N) is 1. The molecule has 1 heterocycles. The zero-order chi connectivity index (χ0) is 12.7. The maximum atomic E-state index is 5.83. The predicted octanol–water partition coefficient (Wildman–Crippen LogP) is 3.43. The maximum Gasteiger partial charge on any atom is 0.138 e. The summed E-state index contributed by atoms with van der Waals surface area (Å²) >= 11 is 0. The lowest BCUT2D eigenvalue weighted by molar-refractivity contribution is 1.32. The van der Waals surface area contributed by atoms with Gasteiger partial charge in [0.05, 0.1) is 11.0 Å². The van der Waals surface area contributed by atoms with Crippen LogP contribution in [-0.2, 0) is 0 Å². The van der Waals surface area contributed by atoms with E-state index in [0.29, 0.717) is 0 Å². The molecule has 0 fully saturated rings. The molecule has 0 amide bonds. The summed E-state index contributed by atoms with van der Waals surface area (Å²) in [5.41, 5.74) is 12.1.